The molecule has 5 aliphatic rings. The van der Waals surface area contributed by atoms with Gasteiger partial charge < -0.3 is 24.8 Å². The fourth-order valence-electron chi connectivity index (χ4n) is 8.07. The minimum atomic E-state index is 0. The number of hydrogen-bond acceptors (Lipinski definition) is 0. The molecule has 0 radical (unpaired) electrons. The second kappa shape index (κ2) is 13.0. The number of hydrogen-bond donors (Lipinski definition) is 0. The van der Waals surface area contributed by atoms with Crippen molar-refractivity contribution in [3.8, 4) is 0 Å². The van der Waals surface area contributed by atoms with Crippen molar-refractivity contribution < 1.29 is 49.0 Å². The van der Waals surface area contributed by atoms with Crippen LogP contribution < -0.4 is 24.8 Å². The van der Waals surface area contributed by atoms with E-state index >= 15 is 0 Å². The normalized spacial score (nSPS) is 26.9. The maximum absolute atomic E-state index is 3.05. The van der Waals surface area contributed by atoms with E-state index in [-0.39, 0.29) is 46.5 Å². The Kier molecular flexibility index (Phi) is 11.5. The van der Waals surface area contributed by atoms with Gasteiger partial charge >= 0.3 is 41.3 Å². The predicted molar refractivity (Wildman–Crippen MR) is 167 cm³/mol. The molecule has 0 saturated heterocycles. The van der Waals surface area contributed by atoms with Crippen molar-refractivity contribution >= 4 is 8.78 Å². The molecule has 0 aromatic heterocycles. The zero-order valence-corrected chi connectivity index (χ0v) is 31.3. The summed E-state index contributed by atoms with van der Waals surface area (Å²) in [6, 6.07) is 9.16. The second-order valence-corrected chi connectivity index (χ2v) is 16.7. The van der Waals surface area contributed by atoms with Crippen molar-refractivity contribution in [3.05, 3.63) is 94.0 Å². The average Bonchev–Trinajstić information content (AvgIpc) is 3.49. The summed E-state index contributed by atoms with van der Waals surface area (Å²) in [5, 5.41) is 0. The zero-order chi connectivity index (χ0) is 29.0. The Labute approximate surface area is 279 Å². The molecule has 0 nitrogen and oxygen atoms in total. The summed E-state index contributed by atoms with van der Waals surface area (Å²) in [7, 11) is 0. The molecule has 0 N–H and O–H groups in total. The van der Waals surface area contributed by atoms with Gasteiger partial charge in [-0.2, -0.15) is 17.2 Å². The van der Waals surface area contributed by atoms with Gasteiger partial charge in [0.15, 0.2) is 0 Å². The van der Waals surface area contributed by atoms with Gasteiger partial charge in [0.05, 0.1) is 0 Å². The topological polar surface area (TPSA) is 0 Å². The molecule has 3 heteroatoms. The third kappa shape index (κ3) is 5.72. The van der Waals surface area contributed by atoms with E-state index in [9.17, 15) is 0 Å². The molecule has 222 valence electrons. The first-order chi connectivity index (χ1) is 18.1. The van der Waals surface area contributed by atoms with Crippen molar-refractivity contribution in [2.45, 2.75) is 102 Å². The summed E-state index contributed by atoms with van der Waals surface area (Å²) >= 11 is 1.55. The summed E-state index contributed by atoms with van der Waals surface area (Å²) < 4.78 is 1.51. The van der Waals surface area contributed by atoms with Gasteiger partial charge in [-0.1, -0.05) is 113 Å². The van der Waals surface area contributed by atoms with Gasteiger partial charge in [0, 0.05) is 0 Å². The summed E-state index contributed by atoms with van der Waals surface area (Å²) in [5.74, 6) is 2.24. The van der Waals surface area contributed by atoms with Crippen molar-refractivity contribution in [2.24, 2.45) is 27.6 Å². The predicted octanol–water partition coefficient (Wildman–Crippen LogP) is 4.41. The molecular weight excluding hydrogens is 619 g/mol. The smallest absolute Gasteiger partial charge is 1.00 e. The summed E-state index contributed by atoms with van der Waals surface area (Å²) in [6.45, 7) is 26.6. The maximum Gasteiger partial charge on any atom is -1.00 e. The van der Waals surface area contributed by atoms with Crippen LogP contribution in [0.4, 0.5) is 0 Å². The third-order valence-corrected chi connectivity index (χ3v) is 11.7. The van der Waals surface area contributed by atoms with E-state index in [4.69, 9.17) is 0 Å². The molecule has 1 saturated carbocycles. The summed E-state index contributed by atoms with van der Waals surface area (Å²) in [5.41, 5.74) is 11.6. The van der Waals surface area contributed by atoms with Crippen LogP contribution in [0.5, 0.6) is 0 Å². The fourth-order valence-corrected chi connectivity index (χ4v) is 8.07. The molecule has 0 amide bonds. The van der Waals surface area contributed by atoms with Gasteiger partial charge in [-0.3, -0.25) is 6.08 Å². The Morgan fingerprint density at radius 2 is 1.59 bits per heavy atom. The number of fused-ring (bicyclic) bond motifs is 6. The standard InChI is InChI=1S/C29H37.C6H7.C3H6.2ClH.Zr/c1-18-25-22-17-19-13-9-10-14-20(19)24(22)21-15-11-12-16-23(21)29(25,8)28(6,7)27(4,5)26(18,2)3;1-6-4-2-3-5-6;1-3-2;;;/h9-11,13-15,23H,12,16-17H2,1-8H3;4-5H,2H2,1H3;1-2H3;2*1H;/q2*-1;;;;+2/p-2. The van der Waals surface area contributed by atoms with E-state index in [1.54, 1.807) is 52.4 Å². The average molecular weight is 669 g/mol. The van der Waals surface area contributed by atoms with Gasteiger partial charge in [0.25, 0.3) is 0 Å². The van der Waals surface area contributed by atoms with E-state index in [0.29, 0.717) is 5.92 Å². The molecule has 6 rings (SSSR count). The molecule has 5 aliphatic carbocycles. The van der Waals surface area contributed by atoms with Crippen LogP contribution in [0.25, 0.3) is 5.57 Å². The quantitative estimate of drug-likeness (QED) is 0.360. The van der Waals surface area contributed by atoms with Crippen LogP contribution in [-0.4, -0.2) is 3.21 Å². The van der Waals surface area contributed by atoms with Crippen LogP contribution in [0.15, 0.2) is 70.9 Å². The van der Waals surface area contributed by atoms with Crippen LogP contribution in [0.2, 0.25) is 0 Å². The van der Waals surface area contributed by atoms with E-state index < -0.39 is 0 Å². The van der Waals surface area contributed by atoms with Crippen LogP contribution in [0.1, 0.15) is 107 Å². The Morgan fingerprint density at radius 1 is 0.976 bits per heavy atom. The first-order valence-electron chi connectivity index (χ1n) is 14.9. The molecule has 0 spiro atoms. The van der Waals surface area contributed by atoms with E-state index in [0.717, 1.165) is 12.8 Å². The number of allylic oxidation sites excluding steroid dienone is 10. The minimum absolute atomic E-state index is 0. The first kappa shape index (κ1) is 36.3. The maximum atomic E-state index is 3.05. The van der Waals surface area contributed by atoms with E-state index in [1.165, 1.54) is 32.7 Å². The second-order valence-electron chi connectivity index (χ2n) is 14.3. The van der Waals surface area contributed by atoms with Gasteiger partial charge in [-0.25, -0.2) is 17.6 Å². The van der Waals surface area contributed by atoms with Gasteiger partial charge in [-0.05, 0) is 40.6 Å². The number of halogens is 2. The molecule has 41 heavy (non-hydrogen) atoms. The molecule has 1 aromatic rings. The molecule has 2 atom stereocenters. The third-order valence-electron chi connectivity index (χ3n) is 11.7. The molecule has 2 unspecified atom stereocenters. The van der Waals surface area contributed by atoms with Gasteiger partial charge in [0.2, 0.25) is 0 Å². The largest absolute Gasteiger partial charge is 1.00 e. The van der Waals surface area contributed by atoms with E-state index in [1.807, 2.05) is 6.08 Å². The molecule has 1 aromatic carbocycles. The van der Waals surface area contributed by atoms with Crippen molar-refractivity contribution in [1.82, 2.24) is 0 Å². The van der Waals surface area contributed by atoms with Crippen molar-refractivity contribution in [1.29, 1.82) is 0 Å². The first-order valence-corrected chi connectivity index (χ1v) is 16.2. The number of rotatable bonds is 0. The van der Waals surface area contributed by atoms with Gasteiger partial charge in [-0.15, -0.1) is 20.3 Å². The molecule has 0 heterocycles. The van der Waals surface area contributed by atoms with Gasteiger partial charge in [0.1, 0.15) is 0 Å². The Balaban J connectivity index is 0.000000420. The molecule has 0 aliphatic heterocycles. The van der Waals surface area contributed by atoms with Crippen molar-refractivity contribution in [2.75, 3.05) is 0 Å². The van der Waals surface area contributed by atoms with Crippen LogP contribution in [0, 0.1) is 39.6 Å². The SMILES string of the molecule is CC1=CC[C-]=C1.C[C-]1C2=C3Cc4ccccc4C3=C3C=CCCC3C2(C)C(C)(C)C(C)(C)C1(C)C.C[C](C)=[Zr+2].[Cl-].[Cl-]. The Bertz CT molecular complexity index is 1310. The molecular formula is C38H50Cl2Zr-2. The fraction of sp³-hybridized carbons (Fsp3) is 0.526. The van der Waals surface area contributed by atoms with Crippen LogP contribution in [0.3, 0.4) is 0 Å². The summed E-state index contributed by atoms with van der Waals surface area (Å²) in [4.78, 5) is 0. The minimum Gasteiger partial charge on any atom is -1.00 e. The van der Waals surface area contributed by atoms with Crippen LogP contribution in [-0.2, 0) is 30.7 Å². The Hall–Kier alpha value is -0.877. The monoisotopic (exact) mass is 666 g/mol. The number of benzene rings is 1. The Morgan fingerprint density at radius 3 is 2.12 bits per heavy atom. The van der Waals surface area contributed by atoms with Crippen molar-refractivity contribution in [3.63, 3.8) is 0 Å². The summed E-state index contributed by atoms with van der Waals surface area (Å²) in [6.07, 6.45) is 16.7. The van der Waals surface area contributed by atoms with E-state index in [2.05, 4.69) is 125 Å². The van der Waals surface area contributed by atoms with Crippen LogP contribution >= 0.6 is 0 Å². The molecule has 0 bridgehead atoms. The zero-order valence-electron chi connectivity index (χ0n) is 27.3. The molecule has 1 fully saturated rings.